The number of hydrogen-bond acceptors (Lipinski definition) is 6. The highest BCUT2D eigenvalue weighted by Gasteiger charge is 2.48. The molecule has 204 valence electrons. The molecule has 1 saturated heterocycles. The van der Waals surface area contributed by atoms with Gasteiger partial charge in [0.05, 0.1) is 32.9 Å². The second kappa shape index (κ2) is 10.1. The molecule has 3 heterocycles. The summed E-state index contributed by atoms with van der Waals surface area (Å²) in [7, 11) is 4.47. The first-order valence-corrected chi connectivity index (χ1v) is 13.0. The zero-order chi connectivity index (χ0) is 28.0. The van der Waals surface area contributed by atoms with Crippen LogP contribution in [0.4, 0.5) is 0 Å². The minimum atomic E-state index is -0.668. The van der Waals surface area contributed by atoms with Gasteiger partial charge in [0.1, 0.15) is 12.6 Å². The fraction of sp³-hybridized carbons (Fsp3) is 0.258. The van der Waals surface area contributed by atoms with Crippen LogP contribution in [0, 0.1) is 0 Å². The number of benzene rings is 3. The highest BCUT2D eigenvalue weighted by atomic mass is 16.5. The van der Waals surface area contributed by atoms with Crippen molar-refractivity contribution in [3.63, 3.8) is 0 Å². The molecule has 0 aliphatic carbocycles. The van der Waals surface area contributed by atoms with Crippen LogP contribution in [0.15, 0.2) is 66.7 Å². The number of methoxy groups -OCH3 is 3. The number of para-hydroxylation sites is 1. The van der Waals surface area contributed by atoms with Gasteiger partial charge in [-0.2, -0.15) is 0 Å². The lowest BCUT2D eigenvalue weighted by Gasteiger charge is -2.47. The molecule has 0 bridgehead atoms. The van der Waals surface area contributed by atoms with Crippen molar-refractivity contribution in [2.24, 2.45) is 0 Å². The summed E-state index contributed by atoms with van der Waals surface area (Å²) >= 11 is 0. The van der Waals surface area contributed by atoms with Crippen LogP contribution >= 0.6 is 0 Å². The molecule has 2 atom stereocenters. The summed E-state index contributed by atoms with van der Waals surface area (Å²) < 4.78 is 15.6. The van der Waals surface area contributed by atoms with E-state index < -0.39 is 18.1 Å². The van der Waals surface area contributed by atoms with Gasteiger partial charge in [-0.1, -0.05) is 36.4 Å². The van der Waals surface area contributed by atoms with Crippen molar-refractivity contribution in [1.82, 2.24) is 14.8 Å². The Balaban J connectivity index is 1.39. The highest BCUT2D eigenvalue weighted by Crippen LogP contribution is 2.43. The van der Waals surface area contributed by atoms with E-state index >= 15 is 0 Å². The largest absolute Gasteiger partial charge is 0.493 e. The van der Waals surface area contributed by atoms with Gasteiger partial charge in [-0.15, -0.1) is 0 Å². The Morgan fingerprint density at radius 3 is 2.42 bits per heavy atom. The van der Waals surface area contributed by atoms with E-state index in [1.807, 2.05) is 48.5 Å². The number of carbonyl (C=O) groups is 3. The number of nitrogens with one attached hydrogen (secondary N) is 1. The Morgan fingerprint density at radius 1 is 0.950 bits per heavy atom. The van der Waals surface area contributed by atoms with E-state index in [-0.39, 0.29) is 24.9 Å². The smallest absolute Gasteiger partial charge is 0.337 e. The molecule has 9 nitrogen and oxygen atoms in total. The van der Waals surface area contributed by atoms with E-state index in [0.717, 1.165) is 33.3 Å². The van der Waals surface area contributed by atoms with E-state index in [4.69, 9.17) is 14.2 Å². The maximum Gasteiger partial charge on any atom is 0.337 e. The molecule has 0 saturated carbocycles. The zero-order valence-electron chi connectivity index (χ0n) is 22.5. The average Bonchev–Trinajstić information content (AvgIpc) is 3.36. The first kappa shape index (κ1) is 25.5. The number of esters is 1. The number of piperazine rings is 1. The SMILES string of the molecule is COC(=O)c1ccc(C2c3[nH]c4ccccc4c3CC3C(=O)N(Cc4ccc(OC)c(OC)c4)CC(=O)N32)cc1. The number of aromatic amines is 1. The molecule has 2 aliphatic rings. The molecular weight excluding hydrogens is 510 g/mol. The van der Waals surface area contributed by atoms with Crippen LogP contribution in [0.3, 0.4) is 0 Å². The minimum Gasteiger partial charge on any atom is -0.493 e. The van der Waals surface area contributed by atoms with Gasteiger partial charge < -0.3 is 29.0 Å². The van der Waals surface area contributed by atoms with Crippen LogP contribution in [-0.2, 0) is 27.3 Å². The first-order chi connectivity index (χ1) is 19.4. The van der Waals surface area contributed by atoms with Crippen molar-refractivity contribution in [3.05, 3.63) is 94.7 Å². The zero-order valence-corrected chi connectivity index (χ0v) is 22.5. The van der Waals surface area contributed by atoms with Crippen molar-refractivity contribution in [3.8, 4) is 11.5 Å². The monoisotopic (exact) mass is 539 g/mol. The molecular formula is C31H29N3O6. The fourth-order valence-corrected chi connectivity index (χ4v) is 5.92. The molecule has 1 fully saturated rings. The summed E-state index contributed by atoms with van der Waals surface area (Å²) in [5.41, 5.74) is 4.92. The summed E-state index contributed by atoms with van der Waals surface area (Å²) in [4.78, 5) is 46.7. The van der Waals surface area contributed by atoms with Crippen LogP contribution in [-0.4, -0.2) is 66.5 Å². The third kappa shape index (κ3) is 4.14. The Morgan fingerprint density at radius 2 is 1.70 bits per heavy atom. The van der Waals surface area contributed by atoms with Crippen molar-refractivity contribution in [2.45, 2.75) is 25.0 Å². The maximum atomic E-state index is 14.0. The maximum absolute atomic E-state index is 14.0. The lowest BCUT2D eigenvalue weighted by atomic mass is 9.86. The van der Waals surface area contributed by atoms with Crippen LogP contribution in [0.2, 0.25) is 0 Å². The molecule has 6 rings (SSSR count). The van der Waals surface area contributed by atoms with Gasteiger partial charge in [-0.25, -0.2) is 4.79 Å². The second-order valence-corrected chi connectivity index (χ2v) is 9.98. The number of amides is 2. The van der Waals surface area contributed by atoms with Crippen LogP contribution in [0.5, 0.6) is 11.5 Å². The van der Waals surface area contributed by atoms with Gasteiger partial charge >= 0.3 is 5.97 Å². The van der Waals surface area contributed by atoms with E-state index in [2.05, 4.69) is 4.98 Å². The predicted octanol–water partition coefficient (Wildman–Crippen LogP) is 3.86. The molecule has 1 aromatic heterocycles. The molecule has 1 N–H and O–H groups in total. The molecule has 9 heteroatoms. The highest BCUT2D eigenvalue weighted by molar-refractivity contribution is 5.97. The number of hydrogen-bond donors (Lipinski definition) is 1. The second-order valence-electron chi connectivity index (χ2n) is 9.98. The number of aromatic nitrogens is 1. The molecule has 2 aliphatic heterocycles. The number of ether oxygens (including phenoxy) is 3. The minimum absolute atomic E-state index is 0.0457. The van der Waals surface area contributed by atoms with E-state index in [1.54, 1.807) is 42.2 Å². The van der Waals surface area contributed by atoms with Crippen molar-refractivity contribution < 1.29 is 28.6 Å². The number of carbonyl (C=O) groups excluding carboxylic acids is 3. The molecule has 2 amide bonds. The van der Waals surface area contributed by atoms with Gasteiger partial charge in [0.25, 0.3) is 0 Å². The topological polar surface area (TPSA) is 101 Å². The van der Waals surface area contributed by atoms with E-state index in [9.17, 15) is 14.4 Å². The predicted molar refractivity (Wildman–Crippen MR) is 147 cm³/mol. The number of H-pyrrole nitrogens is 1. The molecule has 0 spiro atoms. The van der Waals surface area contributed by atoms with Gasteiger partial charge in [-0.3, -0.25) is 9.59 Å². The van der Waals surface area contributed by atoms with Gasteiger partial charge in [-0.05, 0) is 47.0 Å². The third-order valence-corrected chi connectivity index (χ3v) is 7.81. The quantitative estimate of drug-likeness (QED) is 0.374. The number of nitrogens with zero attached hydrogens (tertiary/aromatic N) is 2. The summed E-state index contributed by atoms with van der Waals surface area (Å²) in [6, 6.07) is 19.3. The lowest BCUT2D eigenvalue weighted by Crippen LogP contribution is -2.62. The Hall–Kier alpha value is -4.79. The van der Waals surface area contributed by atoms with Crippen molar-refractivity contribution in [1.29, 1.82) is 0 Å². The summed E-state index contributed by atoms with van der Waals surface area (Å²) in [6.07, 6.45) is 0.406. The van der Waals surface area contributed by atoms with E-state index in [0.29, 0.717) is 23.5 Å². The van der Waals surface area contributed by atoms with Crippen LogP contribution < -0.4 is 9.47 Å². The first-order valence-electron chi connectivity index (χ1n) is 13.0. The molecule has 4 aromatic rings. The molecule has 40 heavy (non-hydrogen) atoms. The van der Waals surface area contributed by atoms with Crippen LogP contribution in [0.1, 0.15) is 38.8 Å². The van der Waals surface area contributed by atoms with Crippen molar-refractivity contribution >= 4 is 28.7 Å². The molecule has 0 radical (unpaired) electrons. The molecule has 3 aromatic carbocycles. The summed E-state index contributed by atoms with van der Waals surface area (Å²) in [5, 5.41) is 1.03. The average molecular weight is 540 g/mol. The normalized spacial score (nSPS) is 18.4. The Kier molecular flexibility index (Phi) is 6.42. The van der Waals surface area contributed by atoms with Gasteiger partial charge in [0, 0.05) is 29.6 Å². The Bertz CT molecular complexity index is 1630. The molecule has 2 unspecified atom stereocenters. The van der Waals surface area contributed by atoms with Gasteiger partial charge in [0.15, 0.2) is 11.5 Å². The number of rotatable bonds is 6. The lowest BCUT2D eigenvalue weighted by molar-refractivity contribution is -0.159. The number of fused-ring (bicyclic) bond motifs is 4. The summed E-state index contributed by atoms with van der Waals surface area (Å²) in [6.45, 7) is 0.227. The van der Waals surface area contributed by atoms with Gasteiger partial charge in [0.2, 0.25) is 11.8 Å². The van der Waals surface area contributed by atoms with Crippen molar-refractivity contribution in [2.75, 3.05) is 27.9 Å². The summed E-state index contributed by atoms with van der Waals surface area (Å²) in [5.74, 6) is 0.472. The third-order valence-electron chi connectivity index (χ3n) is 7.81. The standard InChI is InChI=1S/C31H29N3O6/c1-38-25-13-8-18(14-26(25)39-2)16-33-17-27(35)34-24(30(33)36)15-22-21-6-4-5-7-23(21)32-28(22)29(34)19-9-11-20(12-10-19)31(37)40-3/h4-14,24,29,32H,15-17H2,1-3H3. The Labute approximate surface area is 231 Å². The van der Waals surface area contributed by atoms with E-state index in [1.165, 1.54) is 7.11 Å². The fourth-order valence-electron chi connectivity index (χ4n) is 5.92. The van der Waals surface area contributed by atoms with Crippen LogP contribution in [0.25, 0.3) is 10.9 Å².